The first kappa shape index (κ1) is 14.8. The summed E-state index contributed by atoms with van der Waals surface area (Å²) in [4.78, 5) is 4.56. The molecule has 1 unspecified atom stereocenters. The predicted octanol–water partition coefficient (Wildman–Crippen LogP) is 3.51. The Labute approximate surface area is 102 Å². The highest BCUT2D eigenvalue weighted by molar-refractivity contribution is 9.11. The number of nitrogens with zero attached hydrogens (tertiary/aromatic N) is 1. The molecule has 0 aromatic rings. The average Bonchev–Trinajstić information content (AvgIpc) is 2.27. The van der Waals surface area contributed by atoms with E-state index in [-0.39, 0.29) is 0 Å². The summed E-state index contributed by atoms with van der Waals surface area (Å²) >= 11 is 3.53. The first-order chi connectivity index (χ1) is 7.15. The molecule has 0 heterocycles. The van der Waals surface area contributed by atoms with Crippen molar-refractivity contribution in [1.29, 1.82) is 0 Å². The molecule has 0 aliphatic carbocycles. The molecule has 2 N–H and O–H groups in total. The van der Waals surface area contributed by atoms with Crippen LogP contribution in [0.4, 0.5) is 0 Å². The van der Waals surface area contributed by atoms with Crippen molar-refractivity contribution in [3.05, 3.63) is 10.6 Å². The summed E-state index contributed by atoms with van der Waals surface area (Å²) in [5.74, 6) is 0.578. The van der Waals surface area contributed by atoms with E-state index in [4.69, 9.17) is 5.73 Å². The maximum atomic E-state index is 5.47. The van der Waals surface area contributed by atoms with E-state index in [2.05, 4.69) is 40.8 Å². The number of hydrogen-bond acceptors (Lipinski definition) is 2. The van der Waals surface area contributed by atoms with E-state index in [1.807, 2.05) is 6.92 Å². The van der Waals surface area contributed by atoms with E-state index in [0.29, 0.717) is 12.5 Å². The first-order valence-electron chi connectivity index (χ1n) is 5.69. The maximum absolute atomic E-state index is 5.47. The van der Waals surface area contributed by atoms with Crippen molar-refractivity contribution in [1.82, 2.24) is 0 Å². The summed E-state index contributed by atoms with van der Waals surface area (Å²) in [6, 6.07) is 0. The summed E-state index contributed by atoms with van der Waals surface area (Å²) in [6.07, 6.45) is 5.33. The normalized spacial score (nSPS) is 15.5. The highest BCUT2D eigenvalue weighted by atomic mass is 79.9. The molecule has 0 spiro atoms. The van der Waals surface area contributed by atoms with Crippen LogP contribution in [-0.4, -0.2) is 18.8 Å². The van der Waals surface area contributed by atoms with Crippen LogP contribution < -0.4 is 5.73 Å². The number of nitrogens with two attached hydrogens (primary N) is 1. The molecule has 1 atom stereocenters. The molecule has 0 amide bonds. The van der Waals surface area contributed by atoms with Gasteiger partial charge in [0.05, 0.1) is 6.54 Å². The second kappa shape index (κ2) is 9.10. The Morgan fingerprint density at radius 1 is 1.47 bits per heavy atom. The summed E-state index contributed by atoms with van der Waals surface area (Å²) in [7, 11) is 0. The summed E-state index contributed by atoms with van der Waals surface area (Å²) in [5, 5.41) is 0. The lowest BCUT2D eigenvalue weighted by Gasteiger charge is -2.12. The van der Waals surface area contributed by atoms with Crippen LogP contribution in [0.15, 0.2) is 15.6 Å². The van der Waals surface area contributed by atoms with E-state index in [9.17, 15) is 0 Å². The van der Waals surface area contributed by atoms with Gasteiger partial charge in [-0.25, -0.2) is 0 Å². The van der Waals surface area contributed by atoms with Crippen LogP contribution in [0.3, 0.4) is 0 Å². The SMILES string of the molecule is CC=C(Br)CCC(=NCCN)C(C)CC. The fourth-order valence-electron chi connectivity index (χ4n) is 1.32. The summed E-state index contributed by atoms with van der Waals surface area (Å²) in [5.41, 5.74) is 6.78. The number of allylic oxidation sites excluding steroid dienone is 2. The summed E-state index contributed by atoms with van der Waals surface area (Å²) in [6.45, 7) is 7.88. The van der Waals surface area contributed by atoms with Crippen LogP contribution in [0.5, 0.6) is 0 Å². The van der Waals surface area contributed by atoms with Crippen LogP contribution in [-0.2, 0) is 0 Å². The number of rotatable bonds is 7. The van der Waals surface area contributed by atoms with E-state index in [1.165, 1.54) is 10.2 Å². The van der Waals surface area contributed by atoms with Crippen LogP contribution in [0, 0.1) is 5.92 Å². The Bertz CT molecular complexity index is 222. The van der Waals surface area contributed by atoms with Gasteiger partial charge in [0.15, 0.2) is 0 Å². The van der Waals surface area contributed by atoms with Gasteiger partial charge in [0.25, 0.3) is 0 Å². The third kappa shape index (κ3) is 6.85. The van der Waals surface area contributed by atoms with E-state index in [0.717, 1.165) is 25.8 Å². The van der Waals surface area contributed by atoms with Crippen molar-refractivity contribution in [2.24, 2.45) is 16.6 Å². The van der Waals surface area contributed by atoms with Gasteiger partial charge in [0.2, 0.25) is 0 Å². The van der Waals surface area contributed by atoms with Crippen molar-refractivity contribution in [3.8, 4) is 0 Å². The van der Waals surface area contributed by atoms with Gasteiger partial charge >= 0.3 is 0 Å². The third-order valence-corrected chi connectivity index (χ3v) is 3.41. The van der Waals surface area contributed by atoms with Crippen molar-refractivity contribution >= 4 is 21.6 Å². The Morgan fingerprint density at radius 3 is 2.60 bits per heavy atom. The molecule has 0 saturated carbocycles. The lowest BCUT2D eigenvalue weighted by atomic mass is 9.98. The van der Waals surface area contributed by atoms with Gasteiger partial charge in [-0.1, -0.05) is 35.9 Å². The average molecular weight is 275 g/mol. The molecular weight excluding hydrogens is 252 g/mol. The minimum Gasteiger partial charge on any atom is -0.329 e. The molecule has 0 aliphatic heterocycles. The molecule has 88 valence electrons. The molecule has 0 aromatic heterocycles. The van der Waals surface area contributed by atoms with Crippen molar-refractivity contribution in [2.75, 3.05) is 13.1 Å². The number of halogens is 1. The van der Waals surface area contributed by atoms with Gasteiger partial charge in [-0.05, 0) is 36.6 Å². The second-order valence-corrected chi connectivity index (χ2v) is 4.73. The second-order valence-electron chi connectivity index (χ2n) is 3.71. The number of hydrogen-bond donors (Lipinski definition) is 1. The zero-order chi connectivity index (χ0) is 11.7. The van der Waals surface area contributed by atoms with Gasteiger partial charge in [-0.15, -0.1) is 0 Å². The molecule has 0 radical (unpaired) electrons. The number of aliphatic imine (C=N–C) groups is 1. The molecule has 3 heteroatoms. The standard InChI is InChI=1S/C12H23BrN2/c1-4-10(3)12(15-9-8-14)7-6-11(13)5-2/h5,10H,4,6-9,14H2,1-3H3. The monoisotopic (exact) mass is 274 g/mol. The molecule has 2 nitrogen and oxygen atoms in total. The summed E-state index contributed by atoms with van der Waals surface area (Å²) < 4.78 is 1.26. The van der Waals surface area contributed by atoms with Gasteiger partial charge in [-0.2, -0.15) is 0 Å². The van der Waals surface area contributed by atoms with Crippen molar-refractivity contribution in [2.45, 2.75) is 40.0 Å². The molecule has 0 rings (SSSR count). The van der Waals surface area contributed by atoms with Crippen molar-refractivity contribution < 1.29 is 0 Å². The maximum Gasteiger partial charge on any atom is 0.0511 e. The highest BCUT2D eigenvalue weighted by Gasteiger charge is 2.08. The molecule has 15 heavy (non-hydrogen) atoms. The zero-order valence-electron chi connectivity index (χ0n) is 10.1. The van der Waals surface area contributed by atoms with Gasteiger partial charge in [0, 0.05) is 12.3 Å². The largest absolute Gasteiger partial charge is 0.329 e. The Balaban J connectivity index is 4.25. The predicted molar refractivity (Wildman–Crippen MR) is 72.7 cm³/mol. The van der Waals surface area contributed by atoms with Crippen molar-refractivity contribution in [3.63, 3.8) is 0 Å². The van der Waals surface area contributed by atoms with Crippen LogP contribution in [0.25, 0.3) is 0 Å². The minimum absolute atomic E-state index is 0.578. The van der Waals surface area contributed by atoms with Gasteiger partial charge in [-0.3, -0.25) is 4.99 Å². The molecule has 0 bridgehead atoms. The first-order valence-corrected chi connectivity index (χ1v) is 6.48. The van der Waals surface area contributed by atoms with Crippen LogP contribution >= 0.6 is 15.9 Å². The zero-order valence-corrected chi connectivity index (χ0v) is 11.7. The smallest absolute Gasteiger partial charge is 0.0511 e. The minimum atomic E-state index is 0.578. The van der Waals surface area contributed by atoms with E-state index in [1.54, 1.807) is 0 Å². The Morgan fingerprint density at radius 2 is 2.13 bits per heavy atom. The highest BCUT2D eigenvalue weighted by Crippen LogP contribution is 2.17. The molecule has 0 saturated heterocycles. The Kier molecular flexibility index (Phi) is 9.01. The van der Waals surface area contributed by atoms with Crippen LogP contribution in [0.2, 0.25) is 0 Å². The fraction of sp³-hybridized carbons (Fsp3) is 0.750. The Hall–Kier alpha value is -0.150. The van der Waals surface area contributed by atoms with E-state index >= 15 is 0 Å². The van der Waals surface area contributed by atoms with E-state index < -0.39 is 0 Å². The van der Waals surface area contributed by atoms with Gasteiger partial charge < -0.3 is 5.73 Å². The third-order valence-electron chi connectivity index (χ3n) is 2.56. The molecular formula is C12H23BrN2. The van der Waals surface area contributed by atoms with Crippen LogP contribution in [0.1, 0.15) is 40.0 Å². The lowest BCUT2D eigenvalue weighted by Crippen LogP contribution is -2.13. The topological polar surface area (TPSA) is 38.4 Å². The van der Waals surface area contributed by atoms with Gasteiger partial charge in [0.1, 0.15) is 0 Å². The molecule has 0 fully saturated rings. The molecule has 0 aliphatic rings. The lowest BCUT2D eigenvalue weighted by molar-refractivity contribution is 0.713. The fourth-order valence-corrected chi connectivity index (χ4v) is 1.52. The quantitative estimate of drug-likeness (QED) is 0.709. The molecule has 0 aromatic carbocycles.